The molecule has 2 fully saturated rings. The molecule has 0 aromatic carbocycles. The molecule has 0 aromatic heterocycles. The Morgan fingerprint density at radius 1 is 1.41 bits per heavy atom. The molecule has 2 saturated heterocycles. The Morgan fingerprint density at radius 3 is 2.71 bits per heavy atom. The van der Waals surface area contributed by atoms with Gasteiger partial charge in [0, 0.05) is 46.3 Å². The van der Waals surface area contributed by atoms with Gasteiger partial charge in [-0.3, -0.25) is 4.79 Å². The van der Waals surface area contributed by atoms with E-state index in [0.29, 0.717) is 39.2 Å². The lowest BCUT2D eigenvalue weighted by Crippen LogP contribution is -2.49. The van der Waals surface area contributed by atoms with E-state index < -0.39 is 5.60 Å². The number of carbonyl (C=O) groups excluding carboxylic acids is 1. The molecule has 2 aliphatic rings. The van der Waals surface area contributed by atoms with Gasteiger partial charge in [-0.05, 0) is 12.8 Å². The van der Waals surface area contributed by atoms with Crippen molar-refractivity contribution in [2.24, 2.45) is 0 Å². The summed E-state index contributed by atoms with van der Waals surface area (Å²) >= 11 is 0. The average molecular weight is 243 g/mol. The molecule has 0 saturated carbocycles. The van der Waals surface area contributed by atoms with Gasteiger partial charge >= 0.3 is 0 Å². The highest BCUT2D eigenvalue weighted by Crippen LogP contribution is 2.22. The summed E-state index contributed by atoms with van der Waals surface area (Å²) in [4.78, 5) is 13.6. The van der Waals surface area contributed by atoms with Gasteiger partial charge in [-0.2, -0.15) is 0 Å². The lowest BCUT2D eigenvalue weighted by Gasteiger charge is -2.36. The Labute approximate surface area is 102 Å². The van der Waals surface area contributed by atoms with Crippen molar-refractivity contribution in [2.45, 2.75) is 37.4 Å². The molecule has 0 radical (unpaired) electrons. The number of nitrogens with zero attached hydrogens (tertiary/aromatic N) is 1. The second kappa shape index (κ2) is 5.33. The summed E-state index contributed by atoms with van der Waals surface area (Å²) in [5, 5.41) is 10.3. The number of amides is 1. The first-order chi connectivity index (χ1) is 8.11. The Kier molecular flexibility index (Phi) is 4.01. The van der Waals surface area contributed by atoms with Crippen LogP contribution in [0.15, 0.2) is 0 Å². The van der Waals surface area contributed by atoms with E-state index in [9.17, 15) is 9.90 Å². The third-order valence-corrected chi connectivity index (χ3v) is 3.54. The van der Waals surface area contributed by atoms with Crippen LogP contribution < -0.4 is 0 Å². The predicted octanol–water partition coefficient (Wildman–Crippen LogP) is 0.165. The van der Waals surface area contributed by atoms with Crippen LogP contribution in [0.25, 0.3) is 0 Å². The predicted molar refractivity (Wildman–Crippen MR) is 61.6 cm³/mol. The van der Waals surface area contributed by atoms with E-state index in [1.54, 1.807) is 11.9 Å². The summed E-state index contributed by atoms with van der Waals surface area (Å²) in [6, 6.07) is 0. The number of aliphatic hydroxyl groups is 1. The SMILES string of the molecule is CN(CC1(O)CCOCC1)C(=O)[C@@H]1CCCO1. The topological polar surface area (TPSA) is 59.0 Å². The van der Waals surface area contributed by atoms with Gasteiger partial charge < -0.3 is 19.5 Å². The molecule has 0 aliphatic carbocycles. The van der Waals surface area contributed by atoms with Crippen LogP contribution in [-0.2, 0) is 14.3 Å². The fourth-order valence-corrected chi connectivity index (χ4v) is 2.45. The average Bonchev–Trinajstić information content (AvgIpc) is 2.81. The van der Waals surface area contributed by atoms with E-state index in [1.807, 2.05) is 0 Å². The molecule has 5 heteroatoms. The monoisotopic (exact) mass is 243 g/mol. The van der Waals surface area contributed by atoms with Gasteiger partial charge in [0.25, 0.3) is 5.91 Å². The summed E-state index contributed by atoms with van der Waals surface area (Å²) in [6.45, 7) is 2.17. The third-order valence-electron chi connectivity index (χ3n) is 3.54. The Hall–Kier alpha value is -0.650. The number of carbonyl (C=O) groups is 1. The number of hydrogen-bond acceptors (Lipinski definition) is 4. The zero-order valence-corrected chi connectivity index (χ0v) is 10.4. The highest BCUT2D eigenvalue weighted by Gasteiger charge is 2.34. The molecule has 1 atom stereocenters. The van der Waals surface area contributed by atoms with Gasteiger partial charge in [0.05, 0.1) is 5.60 Å². The third kappa shape index (κ3) is 3.18. The highest BCUT2D eigenvalue weighted by atomic mass is 16.5. The van der Waals surface area contributed by atoms with Gasteiger partial charge in [-0.15, -0.1) is 0 Å². The summed E-state index contributed by atoms with van der Waals surface area (Å²) in [6.07, 6.45) is 2.63. The molecule has 2 heterocycles. The lowest BCUT2D eigenvalue weighted by molar-refractivity contribution is -0.145. The number of hydrogen-bond donors (Lipinski definition) is 1. The zero-order valence-electron chi connectivity index (χ0n) is 10.4. The molecule has 0 unspecified atom stereocenters. The van der Waals surface area contributed by atoms with Crippen LogP contribution in [0, 0.1) is 0 Å². The molecule has 5 nitrogen and oxygen atoms in total. The first-order valence-corrected chi connectivity index (χ1v) is 6.27. The Bertz CT molecular complexity index is 270. The van der Waals surface area contributed by atoms with E-state index in [0.717, 1.165) is 12.8 Å². The van der Waals surface area contributed by atoms with E-state index in [1.165, 1.54) is 0 Å². The minimum atomic E-state index is -0.790. The largest absolute Gasteiger partial charge is 0.388 e. The van der Waals surface area contributed by atoms with Gasteiger partial charge in [0.15, 0.2) is 0 Å². The normalized spacial score (nSPS) is 28.0. The van der Waals surface area contributed by atoms with Crippen molar-refractivity contribution in [2.75, 3.05) is 33.4 Å². The van der Waals surface area contributed by atoms with Crippen LogP contribution in [0.1, 0.15) is 25.7 Å². The summed E-state index contributed by atoms with van der Waals surface area (Å²) in [5.74, 6) is -0.0117. The maximum atomic E-state index is 12.0. The van der Waals surface area contributed by atoms with Crippen LogP contribution >= 0.6 is 0 Å². The maximum Gasteiger partial charge on any atom is 0.251 e. The molecule has 2 aliphatic heterocycles. The summed E-state index contributed by atoms with van der Waals surface area (Å²) < 4.78 is 10.6. The fraction of sp³-hybridized carbons (Fsp3) is 0.917. The first-order valence-electron chi connectivity index (χ1n) is 6.27. The molecule has 98 valence electrons. The number of rotatable bonds is 3. The van der Waals surface area contributed by atoms with E-state index in [4.69, 9.17) is 9.47 Å². The molecule has 0 aromatic rings. The van der Waals surface area contributed by atoms with Crippen LogP contribution in [0.3, 0.4) is 0 Å². The van der Waals surface area contributed by atoms with Crippen molar-refractivity contribution in [3.8, 4) is 0 Å². The minimum absolute atomic E-state index is 0.0117. The van der Waals surface area contributed by atoms with Crippen molar-refractivity contribution < 1.29 is 19.4 Å². The molecule has 1 amide bonds. The Balaban J connectivity index is 1.86. The molecular formula is C12H21NO4. The van der Waals surface area contributed by atoms with Crippen molar-refractivity contribution >= 4 is 5.91 Å². The van der Waals surface area contributed by atoms with Crippen LogP contribution in [-0.4, -0.2) is 61.0 Å². The minimum Gasteiger partial charge on any atom is -0.388 e. The van der Waals surface area contributed by atoms with Crippen molar-refractivity contribution in [3.05, 3.63) is 0 Å². The second-order valence-corrected chi connectivity index (χ2v) is 5.03. The molecule has 0 bridgehead atoms. The van der Waals surface area contributed by atoms with Gasteiger partial charge in [-0.25, -0.2) is 0 Å². The number of ether oxygens (including phenoxy) is 2. The lowest BCUT2D eigenvalue weighted by atomic mass is 9.94. The van der Waals surface area contributed by atoms with E-state index >= 15 is 0 Å². The second-order valence-electron chi connectivity index (χ2n) is 5.03. The van der Waals surface area contributed by atoms with Gasteiger partial charge in [-0.1, -0.05) is 0 Å². The van der Waals surface area contributed by atoms with Gasteiger partial charge in [0.1, 0.15) is 6.10 Å². The number of likely N-dealkylation sites (N-methyl/N-ethyl adjacent to an activating group) is 1. The quantitative estimate of drug-likeness (QED) is 0.767. The van der Waals surface area contributed by atoms with Crippen molar-refractivity contribution in [1.29, 1.82) is 0 Å². The fourth-order valence-electron chi connectivity index (χ4n) is 2.45. The van der Waals surface area contributed by atoms with Crippen molar-refractivity contribution in [1.82, 2.24) is 4.90 Å². The van der Waals surface area contributed by atoms with E-state index in [-0.39, 0.29) is 12.0 Å². The van der Waals surface area contributed by atoms with E-state index in [2.05, 4.69) is 0 Å². The van der Waals surface area contributed by atoms with Crippen LogP contribution in [0.5, 0.6) is 0 Å². The standard InChI is InChI=1S/C12H21NO4/c1-13(11(14)10-3-2-6-17-10)9-12(15)4-7-16-8-5-12/h10,15H,2-9H2,1H3/t10-/m0/s1. The van der Waals surface area contributed by atoms with Crippen LogP contribution in [0.4, 0.5) is 0 Å². The Morgan fingerprint density at radius 2 is 2.12 bits per heavy atom. The molecule has 1 N–H and O–H groups in total. The molecular weight excluding hydrogens is 222 g/mol. The van der Waals surface area contributed by atoms with Gasteiger partial charge in [0.2, 0.25) is 0 Å². The van der Waals surface area contributed by atoms with Crippen LogP contribution in [0.2, 0.25) is 0 Å². The molecule has 0 spiro atoms. The first kappa shape index (κ1) is 12.8. The van der Waals surface area contributed by atoms with Crippen molar-refractivity contribution in [3.63, 3.8) is 0 Å². The molecule has 2 rings (SSSR count). The highest BCUT2D eigenvalue weighted by molar-refractivity contribution is 5.81. The summed E-state index contributed by atoms with van der Waals surface area (Å²) in [5.41, 5.74) is -0.790. The summed E-state index contributed by atoms with van der Waals surface area (Å²) in [7, 11) is 1.73. The zero-order chi connectivity index (χ0) is 12.3. The maximum absolute atomic E-state index is 12.0. The smallest absolute Gasteiger partial charge is 0.251 e. The molecule has 17 heavy (non-hydrogen) atoms.